The van der Waals surface area contributed by atoms with E-state index in [1.165, 1.54) is 6.92 Å². The largest absolute Gasteiger partial charge is 0.479 e. The zero-order valence-corrected chi connectivity index (χ0v) is 21.9. The van der Waals surface area contributed by atoms with Crippen molar-refractivity contribution in [2.45, 2.75) is 118 Å². The molecule has 17 atom stereocenters. The predicted octanol–water partition coefficient (Wildman–Crippen LogP) is -6.28. The monoisotopic (exact) mass is 602 g/mol. The van der Waals surface area contributed by atoms with E-state index in [-0.39, 0.29) is 13.0 Å². The first-order valence-electron chi connectivity index (χ1n) is 13.1. The fourth-order valence-electron chi connectivity index (χ4n) is 5.07. The second kappa shape index (κ2) is 13.6. The van der Waals surface area contributed by atoms with E-state index in [2.05, 4.69) is 0 Å². The molecule has 18 heteroatoms. The van der Waals surface area contributed by atoms with E-state index >= 15 is 0 Å². The van der Waals surface area contributed by atoms with Gasteiger partial charge in [-0.1, -0.05) is 0 Å². The third kappa shape index (κ3) is 6.83. The van der Waals surface area contributed by atoms with Gasteiger partial charge in [-0.3, -0.25) is 0 Å². The molecule has 4 saturated heterocycles. The molecule has 0 spiro atoms. The van der Waals surface area contributed by atoms with Gasteiger partial charge in [0.15, 0.2) is 25.0 Å². The smallest absolute Gasteiger partial charge is 0.335 e. The van der Waals surface area contributed by atoms with Crippen molar-refractivity contribution < 1.29 is 89.0 Å². The van der Waals surface area contributed by atoms with Crippen LogP contribution in [0.25, 0.3) is 0 Å². The van der Waals surface area contributed by atoms with E-state index in [0.717, 1.165) is 0 Å². The number of rotatable bonds is 8. The Morgan fingerprint density at radius 2 is 1.37 bits per heavy atom. The van der Waals surface area contributed by atoms with E-state index in [0.29, 0.717) is 0 Å². The summed E-state index contributed by atoms with van der Waals surface area (Å²) in [5.41, 5.74) is 0. The Morgan fingerprint density at radius 3 is 2.02 bits per heavy atom. The summed E-state index contributed by atoms with van der Waals surface area (Å²) < 4.78 is 38.0. The quantitative estimate of drug-likeness (QED) is 0.124. The molecule has 41 heavy (non-hydrogen) atoms. The number of carboxylic acids is 1. The highest BCUT2D eigenvalue weighted by Gasteiger charge is 2.54. The molecular formula is C23H38O18. The lowest BCUT2D eigenvalue weighted by Crippen LogP contribution is -2.65. The van der Waals surface area contributed by atoms with Gasteiger partial charge in [0, 0.05) is 0 Å². The molecule has 4 aliphatic heterocycles. The van der Waals surface area contributed by atoms with E-state index < -0.39 is 124 Å². The van der Waals surface area contributed by atoms with Gasteiger partial charge in [0.05, 0.1) is 32.0 Å². The van der Waals surface area contributed by atoms with Crippen LogP contribution in [0, 0.1) is 0 Å². The molecule has 0 aliphatic carbocycles. The van der Waals surface area contributed by atoms with Gasteiger partial charge in [0.1, 0.15) is 67.1 Å². The molecule has 0 radical (unpaired) electrons. The Labute approximate surface area is 233 Å². The fourth-order valence-corrected chi connectivity index (χ4v) is 5.07. The maximum atomic E-state index is 12.0. The highest BCUT2D eigenvalue weighted by atomic mass is 16.8. The van der Waals surface area contributed by atoms with Crippen LogP contribution in [0.15, 0.2) is 0 Å². The Balaban J connectivity index is 1.44. The standard InChI is InChI=1S/C23H38O18/c1-6-10(26)13(29)15(31)22(37-6)39-17-8(4-24)36-5-9(12(17)28)38-23-16(32)14(30)18(19(41-23)20(33)34)40-21-11(27)7(25)2-3-35-21/h6-19,21-32H,2-5H2,1H3,(H,33,34)/t6-,7-,8+,9+,10-,11+,12+,13+,14+,15+,16+,17+,18-,19-,21+,22-,23-/m0/s1. The van der Waals surface area contributed by atoms with Crippen LogP contribution < -0.4 is 0 Å². The normalized spacial score (nSPS) is 51.3. The van der Waals surface area contributed by atoms with Crippen molar-refractivity contribution >= 4 is 5.97 Å². The molecule has 0 aromatic rings. The van der Waals surface area contributed by atoms with Gasteiger partial charge >= 0.3 is 5.97 Å². The predicted molar refractivity (Wildman–Crippen MR) is 124 cm³/mol. The molecule has 18 nitrogen and oxygen atoms in total. The number of aliphatic hydroxyl groups is 9. The number of carbonyl (C=O) groups is 1. The topological polar surface area (TPSA) is 284 Å². The van der Waals surface area contributed by atoms with Crippen LogP contribution in [-0.4, -0.2) is 181 Å². The van der Waals surface area contributed by atoms with Crippen LogP contribution in [0.5, 0.6) is 0 Å². The Hall–Kier alpha value is -1.17. The molecule has 0 aromatic heterocycles. The first-order valence-corrected chi connectivity index (χ1v) is 13.1. The van der Waals surface area contributed by atoms with Gasteiger partial charge in [-0.2, -0.15) is 0 Å². The Kier molecular flexibility index (Phi) is 10.9. The number of hydrogen-bond donors (Lipinski definition) is 10. The summed E-state index contributed by atoms with van der Waals surface area (Å²) in [6.07, 6.45) is -26.8. The minimum Gasteiger partial charge on any atom is -0.479 e. The molecule has 4 heterocycles. The average Bonchev–Trinajstić information content (AvgIpc) is 2.94. The van der Waals surface area contributed by atoms with Gasteiger partial charge in [-0.15, -0.1) is 0 Å². The summed E-state index contributed by atoms with van der Waals surface area (Å²) in [5, 5.41) is 102. The molecule has 10 N–H and O–H groups in total. The first-order chi connectivity index (χ1) is 19.3. The molecule has 0 aromatic carbocycles. The summed E-state index contributed by atoms with van der Waals surface area (Å²) in [4.78, 5) is 12.0. The van der Waals surface area contributed by atoms with Crippen LogP contribution >= 0.6 is 0 Å². The Bertz CT molecular complexity index is 864. The molecule has 0 saturated carbocycles. The maximum Gasteiger partial charge on any atom is 0.335 e. The summed E-state index contributed by atoms with van der Waals surface area (Å²) in [5.74, 6) is -1.64. The zero-order chi connectivity index (χ0) is 30.2. The van der Waals surface area contributed by atoms with Gasteiger partial charge in [0.2, 0.25) is 0 Å². The first kappa shape index (κ1) is 32.7. The molecule has 238 valence electrons. The van der Waals surface area contributed by atoms with Crippen LogP contribution in [0.4, 0.5) is 0 Å². The van der Waals surface area contributed by atoms with Crippen molar-refractivity contribution in [3.63, 3.8) is 0 Å². The lowest BCUT2D eigenvalue weighted by atomic mass is 9.96. The number of ether oxygens (including phenoxy) is 7. The second-order valence-corrected chi connectivity index (χ2v) is 10.4. The van der Waals surface area contributed by atoms with Gasteiger partial charge in [-0.25, -0.2) is 4.79 Å². The average molecular weight is 603 g/mol. The fraction of sp³-hybridized carbons (Fsp3) is 0.957. The molecular weight excluding hydrogens is 564 g/mol. The number of carboxylic acid groups (broad SMARTS) is 1. The summed E-state index contributed by atoms with van der Waals surface area (Å²) in [7, 11) is 0. The van der Waals surface area contributed by atoms with Crippen molar-refractivity contribution in [3.8, 4) is 0 Å². The number of aliphatic carboxylic acids is 1. The molecule has 4 fully saturated rings. The van der Waals surface area contributed by atoms with E-state index in [4.69, 9.17) is 33.2 Å². The highest BCUT2D eigenvalue weighted by Crippen LogP contribution is 2.32. The molecule has 0 amide bonds. The molecule has 4 rings (SSSR count). The van der Waals surface area contributed by atoms with Crippen LogP contribution in [-0.2, 0) is 38.0 Å². The van der Waals surface area contributed by atoms with Crippen molar-refractivity contribution in [3.05, 3.63) is 0 Å². The van der Waals surface area contributed by atoms with E-state index in [9.17, 15) is 55.9 Å². The minimum absolute atomic E-state index is 0.0301. The molecule has 0 unspecified atom stereocenters. The summed E-state index contributed by atoms with van der Waals surface area (Å²) >= 11 is 0. The third-order valence-corrected chi connectivity index (χ3v) is 7.59. The summed E-state index contributed by atoms with van der Waals surface area (Å²) in [6.45, 7) is 0.296. The lowest BCUT2D eigenvalue weighted by molar-refractivity contribution is -0.362. The third-order valence-electron chi connectivity index (χ3n) is 7.59. The van der Waals surface area contributed by atoms with Crippen molar-refractivity contribution in [1.29, 1.82) is 0 Å². The van der Waals surface area contributed by atoms with Crippen LogP contribution in [0.3, 0.4) is 0 Å². The summed E-state index contributed by atoms with van der Waals surface area (Å²) in [6, 6.07) is 0. The van der Waals surface area contributed by atoms with Crippen molar-refractivity contribution in [1.82, 2.24) is 0 Å². The maximum absolute atomic E-state index is 12.0. The second-order valence-electron chi connectivity index (χ2n) is 10.4. The lowest BCUT2D eigenvalue weighted by Gasteiger charge is -2.47. The molecule has 0 bridgehead atoms. The SMILES string of the molecule is C[C@@H]1O[C@@H](O[C@H]2[C@H](O)[C@H](O[C@H]3O[C@H](C(=O)O)[C@@H](O[C@H]4OCC[C@H](O)[C@H]4O)[C@H](O)[C@H]3O)CO[C@@H]2CO)[C@H](O)[C@H](O)[C@H]1O. The van der Waals surface area contributed by atoms with Gasteiger partial charge in [-0.05, 0) is 13.3 Å². The van der Waals surface area contributed by atoms with Gasteiger partial charge in [0.25, 0.3) is 0 Å². The van der Waals surface area contributed by atoms with E-state index in [1.807, 2.05) is 0 Å². The van der Waals surface area contributed by atoms with Gasteiger partial charge < -0.3 is 84.2 Å². The van der Waals surface area contributed by atoms with Crippen molar-refractivity contribution in [2.24, 2.45) is 0 Å². The van der Waals surface area contributed by atoms with Crippen LogP contribution in [0.2, 0.25) is 0 Å². The number of aliphatic hydroxyl groups excluding tert-OH is 9. The zero-order valence-electron chi connectivity index (χ0n) is 21.9. The minimum atomic E-state index is -1.97. The van der Waals surface area contributed by atoms with Crippen LogP contribution in [0.1, 0.15) is 13.3 Å². The Morgan fingerprint density at radius 1 is 0.732 bits per heavy atom. The molecule has 4 aliphatic rings. The van der Waals surface area contributed by atoms with E-state index in [1.54, 1.807) is 0 Å². The highest BCUT2D eigenvalue weighted by molar-refractivity contribution is 5.73. The number of hydrogen-bond acceptors (Lipinski definition) is 17. The van der Waals surface area contributed by atoms with Crippen molar-refractivity contribution in [2.75, 3.05) is 19.8 Å².